The van der Waals surface area contributed by atoms with Gasteiger partial charge in [0.15, 0.2) is 0 Å². The minimum Gasteiger partial charge on any atom is -0.480 e. The van der Waals surface area contributed by atoms with Crippen molar-refractivity contribution in [2.24, 2.45) is 0 Å². The van der Waals surface area contributed by atoms with Crippen LogP contribution in [0.4, 0.5) is 0 Å². The fourth-order valence-corrected chi connectivity index (χ4v) is 2.42. The van der Waals surface area contributed by atoms with Crippen LogP contribution in [-0.2, 0) is 4.79 Å². The summed E-state index contributed by atoms with van der Waals surface area (Å²) in [5.41, 5.74) is 1.92. The Morgan fingerprint density at radius 3 is 2.94 bits per heavy atom. The van der Waals surface area contributed by atoms with E-state index in [0.29, 0.717) is 18.7 Å². The fraction of sp³-hybridized carbons (Fsp3) is 0.500. The SMILES string of the molecule is O=C(O)[C@H]1CCCCN1C(=O)c1cscn1. The largest absolute Gasteiger partial charge is 0.480 e. The smallest absolute Gasteiger partial charge is 0.326 e. The Labute approximate surface area is 96.7 Å². The van der Waals surface area contributed by atoms with Gasteiger partial charge in [0.1, 0.15) is 11.7 Å². The maximum atomic E-state index is 12.0. The Bertz CT molecular complexity index is 391. The van der Waals surface area contributed by atoms with Crippen molar-refractivity contribution in [1.29, 1.82) is 0 Å². The van der Waals surface area contributed by atoms with Crippen LogP contribution >= 0.6 is 11.3 Å². The predicted molar refractivity (Wildman–Crippen MR) is 58.4 cm³/mol. The molecule has 1 aliphatic heterocycles. The van der Waals surface area contributed by atoms with E-state index < -0.39 is 12.0 Å². The number of nitrogens with zero attached hydrogens (tertiary/aromatic N) is 2. The molecular formula is C10H12N2O3S. The van der Waals surface area contributed by atoms with E-state index in [1.165, 1.54) is 16.2 Å². The van der Waals surface area contributed by atoms with Gasteiger partial charge < -0.3 is 10.0 Å². The maximum absolute atomic E-state index is 12.0. The number of likely N-dealkylation sites (tertiary alicyclic amines) is 1. The Hall–Kier alpha value is -1.43. The molecule has 1 aromatic rings. The summed E-state index contributed by atoms with van der Waals surface area (Å²) in [4.78, 5) is 28.3. The van der Waals surface area contributed by atoms with Crippen LogP contribution in [0.2, 0.25) is 0 Å². The molecule has 2 rings (SSSR count). The van der Waals surface area contributed by atoms with Crippen molar-refractivity contribution >= 4 is 23.2 Å². The molecule has 6 heteroatoms. The number of aliphatic carboxylic acids is 1. The number of thiazole rings is 1. The molecule has 86 valence electrons. The van der Waals surface area contributed by atoms with Gasteiger partial charge in [0.05, 0.1) is 5.51 Å². The minimum atomic E-state index is -0.928. The zero-order chi connectivity index (χ0) is 11.5. The minimum absolute atomic E-state index is 0.270. The van der Waals surface area contributed by atoms with Gasteiger partial charge in [-0.2, -0.15) is 0 Å². The van der Waals surface area contributed by atoms with Crippen molar-refractivity contribution in [3.8, 4) is 0 Å². The summed E-state index contributed by atoms with van der Waals surface area (Å²) in [5.74, 6) is -1.20. The van der Waals surface area contributed by atoms with Gasteiger partial charge in [-0.15, -0.1) is 11.3 Å². The Morgan fingerprint density at radius 2 is 2.31 bits per heavy atom. The Kier molecular flexibility index (Phi) is 3.19. The van der Waals surface area contributed by atoms with Crippen molar-refractivity contribution in [3.63, 3.8) is 0 Å². The van der Waals surface area contributed by atoms with E-state index >= 15 is 0 Å². The average molecular weight is 240 g/mol. The quantitative estimate of drug-likeness (QED) is 0.843. The molecule has 16 heavy (non-hydrogen) atoms. The lowest BCUT2D eigenvalue weighted by Gasteiger charge is -2.32. The van der Waals surface area contributed by atoms with Crippen LogP contribution in [0.1, 0.15) is 29.8 Å². The molecular weight excluding hydrogens is 228 g/mol. The van der Waals surface area contributed by atoms with Crippen molar-refractivity contribution in [3.05, 3.63) is 16.6 Å². The zero-order valence-electron chi connectivity index (χ0n) is 8.63. The summed E-state index contributed by atoms with van der Waals surface area (Å²) in [6.45, 7) is 0.507. The van der Waals surface area contributed by atoms with Gasteiger partial charge in [-0.05, 0) is 19.3 Å². The first-order valence-corrected chi connectivity index (χ1v) is 6.06. The van der Waals surface area contributed by atoms with Crippen LogP contribution in [-0.4, -0.2) is 39.5 Å². The molecule has 0 unspecified atom stereocenters. The van der Waals surface area contributed by atoms with Crippen molar-refractivity contribution < 1.29 is 14.7 Å². The first-order valence-electron chi connectivity index (χ1n) is 5.12. The summed E-state index contributed by atoms with van der Waals surface area (Å²) in [5, 5.41) is 10.7. The molecule has 0 aliphatic carbocycles. The van der Waals surface area contributed by atoms with E-state index in [-0.39, 0.29) is 5.91 Å². The number of carbonyl (C=O) groups is 2. The first-order chi connectivity index (χ1) is 7.70. The van der Waals surface area contributed by atoms with Crippen molar-refractivity contribution in [2.75, 3.05) is 6.54 Å². The molecule has 0 spiro atoms. The van der Waals surface area contributed by atoms with Gasteiger partial charge in [0, 0.05) is 11.9 Å². The Morgan fingerprint density at radius 1 is 1.50 bits per heavy atom. The van der Waals surface area contributed by atoms with Gasteiger partial charge in [-0.3, -0.25) is 4.79 Å². The molecule has 1 aliphatic rings. The lowest BCUT2D eigenvalue weighted by atomic mass is 10.0. The van der Waals surface area contributed by atoms with E-state index in [9.17, 15) is 9.59 Å². The van der Waals surface area contributed by atoms with E-state index in [1.54, 1.807) is 10.9 Å². The maximum Gasteiger partial charge on any atom is 0.326 e. The fourth-order valence-electron chi connectivity index (χ4n) is 1.90. The standard InChI is InChI=1S/C10H12N2O3S/c13-9(7-5-16-6-11-7)12-4-2-1-3-8(12)10(14)15/h5-6,8H,1-4H2,(H,14,15)/t8-/m1/s1. The molecule has 0 saturated carbocycles. The van der Waals surface area contributed by atoms with Crippen LogP contribution in [0.25, 0.3) is 0 Å². The molecule has 1 fully saturated rings. The lowest BCUT2D eigenvalue weighted by Crippen LogP contribution is -2.48. The molecule has 1 N–H and O–H groups in total. The molecule has 0 radical (unpaired) electrons. The second-order valence-electron chi connectivity index (χ2n) is 3.72. The summed E-state index contributed by atoms with van der Waals surface area (Å²) in [6, 6.07) is -0.692. The monoisotopic (exact) mass is 240 g/mol. The van der Waals surface area contributed by atoms with Gasteiger partial charge >= 0.3 is 5.97 Å². The molecule has 1 atom stereocenters. The third-order valence-corrected chi connectivity index (χ3v) is 3.29. The van der Waals surface area contributed by atoms with Crippen LogP contribution < -0.4 is 0 Å². The summed E-state index contributed by atoms with van der Waals surface area (Å²) >= 11 is 1.34. The Balaban J connectivity index is 2.17. The molecule has 1 aromatic heterocycles. The number of carboxylic acids is 1. The number of aromatic nitrogens is 1. The van der Waals surface area contributed by atoms with Gasteiger partial charge in [-0.25, -0.2) is 9.78 Å². The lowest BCUT2D eigenvalue weighted by molar-refractivity contribution is -0.143. The zero-order valence-corrected chi connectivity index (χ0v) is 9.44. The van der Waals surface area contributed by atoms with Gasteiger partial charge in [0.25, 0.3) is 5.91 Å². The number of carbonyl (C=O) groups excluding carboxylic acids is 1. The van der Waals surface area contributed by atoms with E-state index in [4.69, 9.17) is 5.11 Å². The number of piperidine rings is 1. The summed E-state index contributed by atoms with van der Waals surface area (Å²) in [6.07, 6.45) is 2.25. The first kappa shape index (κ1) is 11.1. The third kappa shape index (κ3) is 2.06. The number of hydrogen-bond donors (Lipinski definition) is 1. The van der Waals surface area contributed by atoms with Crippen molar-refractivity contribution in [1.82, 2.24) is 9.88 Å². The average Bonchev–Trinajstić information content (AvgIpc) is 2.81. The van der Waals surface area contributed by atoms with E-state index in [1.807, 2.05) is 0 Å². The van der Waals surface area contributed by atoms with E-state index in [0.717, 1.165) is 12.8 Å². The second kappa shape index (κ2) is 4.61. The molecule has 5 nitrogen and oxygen atoms in total. The number of amides is 1. The number of hydrogen-bond acceptors (Lipinski definition) is 4. The highest BCUT2D eigenvalue weighted by Gasteiger charge is 2.32. The van der Waals surface area contributed by atoms with Gasteiger partial charge in [0.2, 0.25) is 0 Å². The molecule has 1 saturated heterocycles. The molecule has 0 aromatic carbocycles. The highest BCUT2D eigenvalue weighted by atomic mass is 32.1. The molecule has 2 heterocycles. The van der Waals surface area contributed by atoms with Crippen LogP contribution in [0, 0.1) is 0 Å². The predicted octanol–water partition coefficient (Wildman–Crippen LogP) is 1.22. The highest BCUT2D eigenvalue weighted by molar-refractivity contribution is 7.07. The van der Waals surface area contributed by atoms with Crippen LogP contribution in [0.5, 0.6) is 0 Å². The van der Waals surface area contributed by atoms with Crippen LogP contribution in [0.3, 0.4) is 0 Å². The highest BCUT2D eigenvalue weighted by Crippen LogP contribution is 2.19. The normalized spacial score (nSPS) is 20.8. The number of rotatable bonds is 2. The second-order valence-corrected chi connectivity index (χ2v) is 4.44. The molecule has 0 bridgehead atoms. The summed E-state index contributed by atoms with van der Waals surface area (Å²) < 4.78 is 0. The van der Waals surface area contributed by atoms with Crippen molar-refractivity contribution in [2.45, 2.75) is 25.3 Å². The topological polar surface area (TPSA) is 70.5 Å². The van der Waals surface area contributed by atoms with Gasteiger partial charge in [-0.1, -0.05) is 0 Å². The molecule has 1 amide bonds. The summed E-state index contributed by atoms with van der Waals surface area (Å²) in [7, 11) is 0. The van der Waals surface area contributed by atoms with E-state index in [2.05, 4.69) is 4.98 Å². The number of carboxylic acid groups (broad SMARTS) is 1. The third-order valence-electron chi connectivity index (χ3n) is 2.70. The van der Waals surface area contributed by atoms with Crippen LogP contribution in [0.15, 0.2) is 10.9 Å².